The van der Waals surface area contributed by atoms with Crippen molar-refractivity contribution in [2.45, 2.75) is 66.5 Å². The van der Waals surface area contributed by atoms with E-state index < -0.39 is 0 Å². The van der Waals surface area contributed by atoms with Crippen LogP contribution >= 0.6 is 11.3 Å². The monoisotopic (exact) mass is 297 g/mol. The van der Waals surface area contributed by atoms with Crippen LogP contribution in [0.25, 0.3) is 0 Å². The molecule has 0 amide bonds. The number of rotatable bonds is 10. The molecule has 1 atom stereocenters. The molecule has 0 fully saturated rings. The van der Waals surface area contributed by atoms with Crippen molar-refractivity contribution in [3.05, 3.63) is 11.1 Å². The lowest BCUT2D eigenvalue weighted by Crippen LogP contribution is -2.33. The van der Waals surface area contributed by atoms with Crippen LogP contribution in [0.4, 0.5) is 5.13 Å². The molecule has 0 aliphatic carbocycles. The van der Waals surface area contributed by atoms with Gasteiger partial charge in [-0.3, -0.25) is 0 Å². The molecule has 0 spiro atoms. The summed E-state index contributed by atoms with van der Waals surface area (Å²) in [5.41, 5.74) is 0. The average Bonchev–Trinajstić information content (AvgIpc) is 2.87. The smallest absolute Gasteiger partial charge is 0.185 e. The van der Waals surface area contributed by atoms with Crippen LogP contribution in [0.1, 0.15) is 58.8 Å². The van der Waals surface area contributed by atoms with Gasteiger partial charge >= 0.3 is 0 Å². The zero-order valence-corrected chi connectivity index (χ0v) is 14.6. The predicted octanol–water partition coefficient (Wildman–Crippen LogP) is 4.29. The number of hydrogen-bond donors (Lipinski definition) is 1. The lowest BCUT2D eigenvalue weighted by Gasteiger charge is -2.28. The van der Waals surface area contributed by atoms with Gasteiger partial charge in [0, 0.05) is 30.2 Å². The third-order valence-corrected chi connectivity index (χ3v) is 4.55. The summed E-state index contributed by atoms with van der Waals surface area (Å²) in [4.78, 5) is 8.45. The molecule has 0 aliphatic rings. The minimum Gasteiger partial charge on any atom is -0.345 e. The van der Waals surface area contributed by atoms with Crippen molar-refractivity contribution < 1.29 is 0 Å². The molecule has 1 heterocycles. The van der Waals surface area contributed by atoms with Crippen LogP contribution in [0.3, 0.4) is 0 Å². The number of anilines is 1. The summed E-state index contributed by atoms with van der Waals surface area (Å²) in [6, 6.07) is 0.573. The third kappa shape index (κ3) is 5.80. The Balaban J connectivity index is 2.60. The Morgan fingerprint density at radius 2 is 2.05 bits per heavy atom. The Morgan fingerprint density at radius 1 is 1.30 bits per heavy atom. The minimum atomic E-state index is 0.573. The van der Waals surface area contributed by atoms with Crippen LogP contribution < -0.4 is 10.2 Å². The highest BCUT2D eigenvalue weighted by Gasteiger charge is 2.16. The Kier molecular flexibility index (Phi) is 8.15. The number of nitrogens with zero attached hydrogens (tertiary/aromatic N) is 2. The molecule has 0 bridgehead atoms. The summed E-state index contributed by atoms with van der Waals surface area (Å²) < 4.78 is 0. The second-order valence-corrected chi connectivity index (χ2v) is 7.03. The fraction of sp³-hybridized carbons (Fsp3) is 0.812. The van der Waals surface area contributed by atoms with Gasteiger partial charge in [0.05, 0.1) is 0 Å². The second-order valence-electron chi connectivity index (χ2n) is 5.94. The van der Waals surface area contributed by atoms with Gasteiger partial charge in [-0.25, -0.2) is 4.98 Å². The van der Waals surface area contributed by atoms with Gasteiger partial charge < -0.3 is 10.2 Å². The van der Waals surface area contributed by atoms with E-state index in [0.29, 0.717) is 12.0 Å². The molecule has 20 heavy (non-hydrogen) atoms. The van der Waals surface area contributed by atoms with Crippen molar-refractivity contribution in [2.75, 3.05) is 18.0 Å². The molecule has 0 aliphatic heterocycles. The third-order valence-electron chi connectivity index (χ3n) is 3.51. The highest BCUT2D eigenvalue weighted by Crippen LogP contribution is 2.25. The normalized spacial score (nSPS) is 12.9. The molecular formula is C16H31N3S. The highest BCUT2D eigenvalue weighted by molar-refractivity contribution is 7.15. The van der Waals surface area contributed by atoms with E-state index in [9.17, 15) is 0 Å². The second kappa shape index (κ2) is 9.35. The predicted molar refractivity (Wildman–Crippen MR) is 90.7 cm³/mol. The molecule has 1 rings (SSSR count). The highest BCUT2D eigenvalue weighted by atomic mass is 32.1. The zero-order valence-electron chi connectivity index (χ0n) is 13.8. The van der Waals surface area contributed by atoms with Gasteiger partial charge in [-0.1, -0.05) is 34.1 Å². The fourth-order valence-electron chi connectivity index (χ4n) is 2.05. The van der Waals surface area contributed by atoms with Crippen LogP contribution in [0.2, 0.25) is 0 Å². The van der Waals surface area contributed by atoms with Crippen molar-refractivity contribution >= 4 is 16.5 Å². The molecule has 116 valence electrons. The van der Waals surface area contributed by atoms with Gasteiger partial charge in [-0.05, 0) is 32.2 Å². The van der Waals surface area contributed by atoms with Crippen molar-refractivity contribution in [3.8, 4) is 0 Å². The van der Waals surface area contributed by atoms with Gasteiger partial charge in [-0.2, -0.15) is 0 Å². The van der Waals surface area contributed by atoms with Crippen molar-refractivity contribution in [1.82, 2.24) is 10.3 Å². The Hall–Kier alpha value is -0.610. The number of nitrogens with one attached hydrogen (secondary N) is 1. The summed E-state index contributed by atoms with van der Waals surface area (Å²) in [5.74, 6) is 0.698. The molecule has 0 radical (unpaired) electrons. The minimum absolute atomic E-state index is 0.573. The lowest BCUT2D eigenvalue weighted by molar-refractivity contribution is 0.554. The van der Waals surface area contributed by atoms with E-state index in [-0.39, 0.29) is 0 Å². The molecule has 3 nitrogen and oxygen atoms in total. The SMILES string of the molecule is CCCCN(c1ncc(CNCC(C)C)s1)C(C)CC. The molecule has 1 aromatic heterocycles. The largest absolute Gasteiger partial charge is 0.345 e. The molecular weight excluding hydrogens is 266 g/mol. The van der Waals surface area contributed by atoms with Crippen LogP contribution in [-0.2, 0) is 6.54 Å². The Morgan fingerprint density at radius 3 is 2.65 bits per heavy atom. The Bertz CT molecular complexity index is 362. The van der Waals surface area contributed by atoms with Gasteiger partial charge in [0.2, 0.25) is 0 Å². The van der Waals surface area contributed by atoms with Crippen molar-refractivity contribution in [1.29, 1.82) is 0 Å². The number of unbranched alkanes of at least 4 members (excludes halogenated alkanes) is 1. The summed E-state index contributed by atoms with van der Waals surface area (Å²) in [7, 11) is 0. The van der Waals surface area contributed by atoms with E-state index in [1.54, 1.807) is 0 Å². The maximum atomic E-state index is 4.64. The zero-order chi connectivity index (χ0) is 15.0. The van der Waals surface area contributed by atoms with E-state index in [1.165, 1.54) is 29.3 Å². The topological polar surface area (TPSA) is 28.2 Å². The Labute approximate surface area is 128 Å². The van der Waals surface area contributed by atoms with Crippen LogP contribution in [0, 0.1) is 5.92 Å². The summed E-state index contributed by atoms with van der Waals surface area (Å²) >= 11 is 1.84. The molecule has 0 saturated carbocycles. The number of aromatic nitrogens is 1. The van der Waals surface area contributed by atoms with Gasteiger partial charge in [0.15, 0.2) is 5.13 Å². The first-order chi connectivity index (χ1) is 9.58. The summed E-state index contributed by atoms with van der Waals surface area (Å²) in [5, 5.41) is 4.68. The number of hydrogen-bond acceptors (Lipinski definition) is 4. The molecule has 4 heteroatoms. The first-order valence-electron chi connectivity index (χ1n) is 8.00. The maximum absolute atomic E-state index is 4.64. The quantitative estimate of drug-likeness (QED) is 0.698. The first kappa shape index (κ1) is 17.4. The van der Waals surface area contributed by atoms with Crippen LogP contribution in [0.5, 0.6) is 0 Å². The van der Waals surface area contributed by atoms with Gasteiger partial charge in [0.25, 0.3) is 0 Å². The van der Waals surface area contributed by atoms with E-state index in [2.05, 4.69) is 49.8 Å². The molecule has 0 aromatic carbocycles. The van der Waals surface area contributed by atoms with Crippen LogP contribution in [-0.4, -0.2) is 24.1 Å². The molecule has 1 unspecified atom stereocenters. The average molecular weight is 298 g/mol. The fourth-order valence-corrected chi connectivity index (χ4v) is 3.06. The van der Waals surface area contributed by atoms with E-state index in [4.69, 9.17) is 0 Å². The standard InChI is InChI=1S/C16H31N3S/c1-6-8-9-19(14(5)7-2)16-18-12-15(20-16)11-17-10-13(3)4/h12-14,17H,6-11H2,1-5H3. The van der Waals surface area contributed by atoms with Crippen molar-refractivity contribution in [2.24, 2.45) is 5.92 Å². The van der Waals surface area contributed by atoms with E-state index in [1.807, 2.05) is 17.5 Å². The maximum Gasteiger partial charge on any atom is 0.185 e. The lowest BCUT2D eigenvalue weighted by atomic mass is 10.2. The summed E-state index contributed by atoms with van der Waals surface area (Å²) in [6.07, 6.45) is 5.69. The van der Waals surface area contributed by atoms with E-state index >= 15 is 0 Å². The summed E-state index contributed by atoms with van der Waals surface area (Å²) in [6.45, 7) is 14.4. The molecule has 1 aromatic rings. The van der Waals surface area contributed by atoms with Gasteiger partial charge in [-0.15, -0.1) is 11.3 Å². The van der Waals surface area contributed by atoms with Gasteiger partial charge in [0.1, 0.15) is 0 Å². The molecule has 0 saturated heterocycles. The first-order valence-corrected chi connectivity index (χ1v) is 8.82. The van der Waals surface area contributed by atoms with Crippen molar-refractivity contribution in [3.63, 3.8) is 0 Å². The van der Waals surface area contributed by atoms with E-state index in [0.717, 1.165) is 19.6 Å². The molecule has 1 N–H and O–H groups in total. The number of thiazole rings is 1. The van der Waals surface area contributed by atoms with Crippen LogP contribution in [0.15, 0.2) is 6.20 Å².